The zero-order valence-corrected chi connectivity index (χ0v) is 11.0. The predicted octanol–water partition coefficient (Wildman–Crippen LogP) is 4.70. The summed E-state index contributed by atoms with van der Waals surface area (Å²) >= 11 is 18.5. The highest BCUT2D eigenvalue weighted by atomic mass is 35.5. The van der Waals surface area contributed by atoms with Gasteiger partial charge in [0.1, 0.15) is 0 Å². The summed E-state index contributed by atoms with van der Waals surface area (Å²) in [7, 11) is 0. The van der Waals surface area contributed by atoms with E-state index >= 15 is 0 Å². The number of ether oxygens (including phenoxy) is 1. The lowest BCUT2D eigenvalue weighted by molar-refractivity contribution is 0.0651. The molecule has 0 spiro atoms. The van der Waals surface area contributed by atoms with Crippen molar-refractivity contribution in [2.45, 2.75) is 18.2 Å². The maximum Gasteiger partial charge on any atom is 0.0629 e. The van der Waals surface area contributed by atoms with Gasteiger partial charge in [0, 0.05) is 23.3 Å². The van der Waals surface area contributed by atoms with E-state index in [4.69, 9.17) is 39.5 Å². The summed E-state index contributed by atoms with van der Waals surface area (Å²) in [5.74, 6) is 0.439. The Hall–Kier alpha value is 0.0500. The molecule has 0 amide bonds. The summed E-state index contributed by atoms with van der Waals surface area (Å²) in [5, 5.41) is 1.25. The summed E-state index contributed by atoms with van der Waals surface area (Å²) in [5.41, 5.74) is 0.972. The van der Waals surface area contributed by atoms with E-state index in [1.807, 2.05) is 12.1 Å². The highest BCUT2D eigenvalue weighted by Gasteiger charge is 2.25. The number of alkyl halides is 1. The number of rotatable bonds is 2. The summed E-state index contributed by atoms with van der Waals surface area (Å²) in [6.45, 7) is 1.58. The van der Waals surface area contributed by atoms with Gasteiger partial charge in [-0.1, -0.05) is 29.3 Å². The summed E-state index contributed by atoms with van der Waals surface area (Å²) in [4.78, 5) is 0. The van der Waals surface area contributed by atoms with Gasteiger partial charge in [-0.15, -0.1) is 11.6 Å². The van der Waals surface area contributed by atoms with Gasteiger partial charge in [-0.25, -0.2) is 0 Å². The van der Waals surface area contributed by atoms with Crippen molar-refractivity contribution in [3.8, 4) is 0 Å². The molecule has 0 bridgehead atoms. The molecule has 88 valence electrons. The van der Waals surface area contributed by atoms with Crippen LogP contribution in [0.25, 0.3) is 0 Å². The third-order valence-electron chi connectivity index (χ3n) is 2.94. The van der Waals surface area contributed by atoms with Gasteiger partial charge in [0.05, 0.1) is 5.38 Å². The Morgan fingerprint density at radius 1 is 1.19 bits per heavy atom. The molecule has 0 N–H and O–H groups in total. The Balaban J connectivity index is 2.15. The van der Waals surface area contributed by atoms with Gasteiger partial charge in [-0.2, -0.15) is 0 Å². The molecule has 0 saturated carbocycles. The third kappa shape index (κ3) is 2.84. The lowest BCUT2D eigenvalue weighted by Crippen LogP contribution is -2.19. The van der Waals surface area contributed by atoms with Crippen molar-refractivity contribution in [3.05, 3.63) is 33.8 Å². The minimum atomic E-state index is -0.0475. The Labute approximate surface area is 111 Å². The highest BCUT2D eigenvalue weighted by Crippen LogP contribution is 2.39. The van der Waals surface area contributed by atoms with E-state index in [9.17, 15) is 0 Å². The molecule has 1 aliphatic rings. The molecule has 0 aliphatic carbocycles. The van der Waals surface area contributed by atoms with Crippen molar-refractivity contribution in [3.63, 3.8) is 0 Å². The van der Waals surface area contributed by atoms with Crippen molar-refractivity contribution < 1.29 is 4.74 Å². The second-order valence-corrected chi connectivity index (χ2v) is 5.33. The third-order valence-corrected chi connectivity index (χ3v) is 4.09. The molecule has 0 aromatic heterocycles. The molecule has 4 heteroatoms. The van der Waals surface area contributed by atoms with Crippen LogP contribution in [0, 0.1) is 5.92 Å². The van der Waals surface area contributed by atoms with E-state index in [0.29, 0.717) is 16.0 Å². The van der Waals surface area contributed by atoms with E-state index in [2.05, 4.69) is 0 Å². The molecule has 0 radical (unpaired) electrons. The number of hydrogen-bond acceptors (Lipinski definition) is 1. The van der Waals surface area contributed by atoms with E-state index < -0.39 is 0 Å². The number of benzene rings is 1. The van der Waals surface area contributed by atoms with Crippen LogP contribution in [0.1, 0.15) is 23.8 Å². The van der Waals surface area contributed by atoms with Gasteiger partial charge in [-0.3, -0.25) is 0 Å². The maximum absolute atomic E-state index is 6.46. The fourth-order valence-corrected chi connectivity index (χ4v) is 3.01. The van der Waals surface area contributed by atoms with Crippen molar-refractivity contribution in [2.24, 2.45) is 5.92 Å². The van der Waals surface area contributed by atoms with Crippen LogP contribution in [0.3, 0.4) is 0 Å². The molecular weight excluding hydrogens is 266 g/mol. The first kappa shape index (κ1) is 12.5. The summed E-state index contributed by atoms with van der Waals surface area (Å²) < 4.78 is 5.32. The first-order valence-corrected chi connectivity index (χ1v) is 6.54. The molecule has 1 nitrogen and oxygen atoms in total. The lowest BCUT2D eigenvalue weighted by atomic mass is 9.92. The Bertz CT molecular complexity index is 361. The summed E-state index contributed by atoms with van der Waals surface area (Å²) in [6, 6.07) is 5.49. The van der Waals surface area contributed by atoms with Crippen LogP contribution in [0.2, 0.25) is 10.0 Å². The van der Waals surface area contributed by atoms with Gasteiger partial charge in [0.15, 0.2) is 0 Å². The highest BCUT2D eigenvalue weighted by molar-refractivity contribution is 6.35. The van der Waals surface area contributed by atoms with E-state index in [1.165, 1.54) is 0 Å². The predicted molar refractivity (Wildman–Crippen MR) is 68.6 cm³/mol. The average Bonchev–Trinajstić information content (AvgIpc) is 2.29. The van der Waals surface area contributed by atoms with Crippen LogP contribution in [-0.2, 0) is 4.74 Å². The average molecular weight is 280 g/mol. The smallest absolute Gasteiger partial charge is 0.0629 e. The van der Waals surface area contributed by atoms with Crippen LogP contribution >= 0.6 is 34.8 Å². The Kier molecular flexibility index (Phi) is 4.37. The summed E-state index contributed by atoms with van der Waals surface area (Å²) in [6.07, 6.45) is 1.99. The van der Waals surface area contributed by atoms with Crippen molar-refractivity contribution in [2.75, 3.05) is 13.2 Å². The second kappa shape index (κ2) is 5.59. The topological polar surface area (TPSA) is 9.23 Å². The van der Waals surface area contributed by atoms with E-state index in [1.54, 1.807) is 6.07 Å². The van der Waals surface area contributed by atoms with Crippen molar-refractivity contribution in [1.82, 2.24) is 0 Å². The van der Waals surface area contributed by atoms with Crippen molar-refractivity contribution in [1.29, 1.82) is 0 Å². The maximum atomic E-state index is 6.46. The Morgan fingerprint density at radius 2 is 1.88 bits per heavy atom. The van der Waals surface area contributed by atoms with Gasteiger partial charge >= 0.3 is 0 Å². The fraction of sp³-hybridized carbons (Fsp3) is 0.500. The molecule has 1 heterocycles. The molecule has 1 aliphatic heterocycles. The van der Waals surface area contributed by atoms with Gasteiger partial charge in [-0.05, 0) is 36.5 Å². The van der Waals surface area contributed by atoms with Gasteiger partial charge in [0.25, 0.3) is 0 Å². The zero-order chi connectivity index (χ0) is 11.5. The van der Waals surface area contributed by atoms with Crippen LogP contribution < -0.4 is 0 Å². The van der Waals surface area contributed by atoms with Crippen LogP contribution in [0.5, 0.6) is 0 Å². The lowest BCUT2D eigenvalue weighted by Gasteiger charge is -2.27. The molecule has 16 heavy (non-hydrogen) atoms. The molecule has 1 unspecified atom stereocenters. The molecule has 1 atom stereocenters. The minimum absolute atomic E-state index is 0.0475. The van der Waals surface area contributed by atoms with Crippen LogP contribution in [0.4, 0.5) is 0 Å². The standard InChI is InChI=1S/C12H13Cl3O/c13-9-1-2-10(11(14)7-9)12(15)8-3-5-16-6-4-8/h1-2,7-8,12H,3-6H2. The molecule has 1 aromatic carbocycles. The van der Waals surface area contributed by atoms with Gasteiger partial charge < -0.3 is 4.74 Å². The van der Waals surface area contributed by atoms with Crippen LogP contribution in [0.15, 0.2) is 18.2 Å². The fourth-order valence-electron chi connectivity index (χ4n) is 1.99. The zero-order valence-electron chi connectivity index (χ0n) is 8.76. The largest absolute Gasteiger partial charge is 0.381 e. The minimum Gasteiger partial charge on any atom is -0.381 e. The number of hydrogen-bond donors (Lipinski definition) is 0. The normalized spacial score (nSPS) is 19.7. The first-order valence-electron chi connectivity index (χ1n) is 5.35. The SMILES string of the molecule is Clc1ccc(C(Cl)C2CCOCC2)c(Cl)c1. The van der Waals surface area contributed by atoms with E-state index in [-0.39, 0.29) is 5.38 Å². The number of halogens is 3. The first-order chi connectivity index (χ1) is 7.68. The molecular formula is C12H13Cl3O. The van der Waals surface area contributed by atoms with Gasteiger partial charge in [0.2, 0.25) is 0 Å². The Morgan fingerprint density at radius 3 is 2.50 bits per heavy atom. The second-order valence-electron chi connectivity index (χ2n) is 4.02. The molecule has 1 aromatic rings. The van der Waals surface area contributed by atoms with E-state index in [0.717, 1.165) is 31.6 Å². The molecule has 1 fully saturated rings. The van der Waals surface area contributed by atoms with Crippen molar-refractivity contribution >= 4 is 34.8 Å². The molecule has 1 saturated heterocycles. The van der Waals surface area contributed by atoms with Crippen LogP contribution in [-0.4, -0.2) is 13.2 Å². The monoisotopic (exact) mass is 278 g/mol. The molecule has 2 rings (SSSR count). The quantitative estimate of drug-likeness (QED) is 0.713.